The Kier molecular flexibility index (Phi) is 5.90. The van der Waals surface area contributed by atoms with E-state index in [0.29, 0.717) is 21.3 Å². The fraction of sp³-hybridized carbons (Fsp3) is 0.412. The fourth-order valence-corrected chi connectivity index (χ4v) is 3.87. The molecular formula is C17H20ClN3O3S. The number of aromatic nitrogens is 1. The van der Waals surface area contributed by atoms with Gasteiger partial charge in [-0.05, 0) is 25.1 Å². The van der Waals surface area contributed by atoms with Crippen LogP contribution in [0.1, 0.15) is 20.4 Å². The SMILES string of the molecule is COc1ccc(NC(=O)c2sc(CN3CCOCC3)nc2C)cc1Cl. The minimum absolute atomic E-state index is 0.176. The number of thiazole rings is 1. The van der Waals surface area contributed by atoms with Crippen LogP contribution in [0.25, 0.3) is 0 Å². The lowest BCUT2D eigenvalue weighted by molar-refractivity contribution is 0.0341. The molecule has 0 bridgehead atoms. The first-order valence-electron chi connectivity index (χ1n) is 7.98. The van der Waals surface area contributed by atoms with E-state index in [2.05, 4.69) is 15.2 Å². The Bertz CT molecular complexity index is 760. The van der Waals surface area contributed by atoms with Crippen LogP contribution < -0.4 is 10.1 Å². The van der Waals surface area contributed by atoms with Crippen LogP contribution in [0, 0.1) is 6.92 Å². The van der Waals surface area contributed by atoms with Crippen molar-refractivity contribution in [2.75, 3.05) is 38.7 Å². The van der Waals surface area contributed by atoms with E-state index >= 15 is 0 Å². The van der Waals surface area contributed by atoms with Gasteiger partial charge in [0.2, 0.25) is 0 Å². The average Bonchev–Trinajstić information content (AvgIpc) is 2.96. The molecule has 1 aromatic carbocycles. The summed E-state index contributed by atoms with van der Waals surface area (Å²) in [5.41, 5.74) is 1.36. The zero-order valence-electron chi connectivity index (χ0n) is 14.2. The van der Waals surface area contributed by atoms with Crippen molar-refractivity contribution in [1.29, 1.82) is 0 Å². The molecule has 3 rings (SSSR count). The van der Waals surface area contributed by atoms with Crippen LogP contribution in [0.15, 0.2) is 18.2 Å². The van der Waals surface area contributed by atoms with Crippen LogP contribution in [0.5, 0.6) is 5.75 Å². The van der Waals surface area contributed by atoms with Crippen molar-refractivity contribution < 1.29 is 14.3 Å². The third-order valence-electron chi connectivity index (χ3n) is 3.92. The smallest absolute Gasteiger partial charge is 0.267 e. The van der Waals surface area contributed by atoms with Crippen molar-refractivity contribution in [3.05, 3.63) is 38.8 Å². The predicted octanol–water partition coefficient (Wildman–Crippen LogP) is 3.20. The maximum atomic E-state index is 12.6. The Morgan fingerprint density at radius 2 is 2.20 bits per heavy atom. The standard InChI is InChI=1S/C17H20ClN3O3S/c1-11-16(25-15(19-11)10-21-5-7-24-8-6-21)17(22)20-12-3-4-14(23-2)13(18)9-12/h3-4,9H,5-8,10H2,1-2H3,(H,20,22). The van der Waals surface area contributed by atoms with Gasteiger partial charge in [-0.2, -0.15) is 0 Å². The zero-order chi connectivity index (χ0) is 17.8. The Hall–Kier alpha value is -1.67. The Labute approximate surface area is 155 Å². The molecule has 8 heteroatoms. The van der Waals surface area contributed by atoms with Crippen LogP contribution in [0.2, 0.25) is 5.02 Å². The first-order valence-corrected chi connectivity index (χ1v) is 9.17. The zero-order valence-corrected chi connectivity index (χ0v) is 15.7. The van der Waals surface area contributed by atoms with Crippen molar-refractivity contribution in [3.8, 4) is 5.75 Å². The van der Waals surface area contributed by atoms with Gasteiger partial charge in [0.15, 0.2) is 0 Å². The quantitative estimate of drug-likeness (QED) is 0.861. The largest absolute Gasteiger partial charge is 0.495 e. The second-order valence-corrected chi connectivity index (χ2v) is 7.20. The topological polar surface area (TPSA) is 63.7 Å². The van der Waals surface area contributed by atoms with Gasteiger partial charge in [-0.3, -0.25) is 9.69 Å². The highest BCUT2D eigenvalue weighted by molar-refractivity contribution is 7.13. The number of aryl methyl sites for hydroxylation is 1. The molecule has 1 fully saturated rings. The summed E-state index contributed by atoms with van der Waals surface area (Å²) >= 11 is 7.53. The van der Waals surface area contributed by atoms with Crippen LogP contribution in [0.4, 0.5) is 5.69 Å². The van der Waals surface area contributed by atoms with E-state index in [9.17, 15) is 4.79 Å². The predicted molar refractivity (Wildman–Crippen MR) is 98.9 cm³/mol. The Balaban J connectivity index is 1.68. The van der Waals surface area contributed by atoms with E-state index < -0.39 is 0 Å². The van der Waals surface area contributed by atoms with Crippen molar-refractivity contribution in [2.45, 2.75) is 13.5 Å². The summed E-state index contributed by atoms with van der Waals surface area (Å²) in [6.07, 6.45) is 0. The molecule has 0 aliphatic carbocycles. The highest BCUT2D eigenvalue weighted by Crippen LogP contribution is 2.28. The summed E-state index contributed by atoms with van der Waals surface area (Å²) < 4.78 is 10.5. The van der Waals surface area contributed by atoms with Crippen LogP contribution in [-0.4, -0.2) is 49.2 Å². The fourth-order valence-electron chi connectivity index (χ4n) is 2.61. The number of morpholine rings is 1. The first-order chi connectivity index (χ1) is 12.1. The number of hydrogen-bond acceptors (Lipinski definition) is 6. The summed E-state index contributed by atoms with van der Waals surface area (Å²) in [6.45, 7) is 5.88. The molecule has 0 saturated carbocycles. The van der Waals surface area contributed by atoms with Crippen molar-refractivity contribution in [2.24, 2.45) is 0 Å². The molecule has 6 nitrogen and oxygen atoms in total. The number of carbonyl (C=O) groups is 1. The molecular weight excluding hydrogens is 362 g/mol. The van der Waals surface area contributed by atoms with E-state index in [0.717, 1.165) is 43.5 Å². The van der Waals surface area contributed by atoms with Gasteiger partial charge in [-0.1, -0.05) is 11.6 Å². The van der Waals surface area contributed by atoms with Gasteiger partial charge in [-0.15, -0.1) is 11.3 Å². The number of halogens is 1. The van der Waals surface area contributed by atoms with E-state index in [4.69, 9.17) is 21.1 Å². The molecule has 1 aliphatic heterocycles. The molecule has 1 saturated heterocycles. The number of rotatable bonds is 5. The number of hydrogen-bond donors (Lipinski definition) is 1. The average molecular weight is 382 g/mol. The molecule has 1 amide bonds. The normalized spacial score (nSPS) is 15.2. The van der Waals surface area contributed by atoms with E-state index in [-0.39, 0.29) is 5.91 Å². The van der Waals surface area contributed by atoms with Crippen LogP contribution in [0.3, 0.4) is 0 Å². The third-order valence-corrected chi connectivity index (χ3v) is 5.36. The van der Waals surface area contributed by atoms with Crippen LogP contribution >= 0.6 is 22.9 Å². The molecule has 1 aliphatic rings. The number of anilines is 1. The minimum atomic E-state index is -0.176. The lowest BCUT2D eigenvalue weighted by atomic mass is 10.3. The van der Waals surface area contributed by atoms with Crippen molar-refractivity contribution in [3.63, 3.8) is 0 Å². The molecule has 134 valence electrons. The molecule has 0 unspecified atom stereocenters. The lowest BCUT2D eigenvalue weighted by Crippen LogP contribution is -2.35. The molecule has 1 N–H and O–H groups in total. The highest BCUT2D eigenvalue weighted by atomic mass is 35.5. The number of ether oxygens (including phenoxy) is 2. The molecule has 0 atom stereocenters. The molecule has 1 aromatic heterocycles. The number of nitrogens with zero attached hydrogens (tertiary/aromatic N) is 2. The molecule has 2 heterocycles. The number of benzene rings is 1. The van der Waals surface area contributed by atoms with Gasteiger partial charge in [0.25, 0.3) is 5.91 Å². The van der Waals surface area contributed by atoms with Gasteiger partial charge in [0.05, 0.1) is 37.6 Å². The maximum Gasteiger partial charge on any atom is 0.267 e. The Morgan fingerprint density at radius 1 is 1.44 bits per heavy atom. The highest BCUT2D eigenvalue weighted by Gasteiger charge is 2.18. The third kappa shape index (κ3) is 4.49. The molecule has 0 radical (unpaired) electrons. The van der Waals surface area contributed by atoms with Crippen molar-refractivity contribution >= 4 is 34.5 Å². The lowest BCUT2D eigenvalue weighted by Gasteiger charge is -2.25. The van der Waals surface area contributed by atoms with E-state index in [1.165, 1.54) is 11.3 Å². The van der Waals surface area contributed by atoms with Gasteiger partial charge < -0.3 is 14.8 Å². The van der Waals surface area contributed by atoms with Gasteiger partial charge in [0.1, 0.15) is 15.6 Å². The van der Waals surface area contributed by atoms with E-state index in [1.807, 2.05) is 6.92 Å². The minimum Gasteiger partial charge on any atom is -0.495 e. The summed E-state index contributed by atoms with van der Waals surface area (Å²) in [7, 11) is 1.55. The van der Waals surface area contributed by atoms with Crippen LogP contribution in [-0.2, 0) is 11.3 Å². The van der Waals surface area contributed by atoms with Gasteiger partial charge >= 0.3 is 0 Å². The number of carbonyl (C=O) groups excluding carboxylic acids is 1. The van der Waals surface area contributed by atoms with E-state index in [1.54, 1.807) is 25.3 Å². The Morgan fingerprint density at radius 3 is 2.88 bits per heavy atom. The molecule has 0 spiro atoms. The number of methoxy groups -OCH3 is 1. The number of nitrogens with one attached hydrogen (secondary N) is 1. The van der Waals surface area contributed by atoms with Crippen molar-refractivity contribution in [1.82, 2.24) is 9.88 Å². The summed E-state index contributed by atoms with van der Waals surface area (Å²) in [5, 5.41) is 4.26. The molecule has 25 heavy (non-hydrogen) atoms. The summed E-state index contributed by atoms with van der Waals surface area (Å²) in [6, 6.07) is 5.15. The monoisotopic (exact) mass is 381 g/mol. The summed E-state index contributed by atoms with van der Waals surface area (Å²) in [5.74, 6) is 0.394. The maximum absolute atomic E-state index is 12.6. The second-order valence-electron chi connectivity index (χ2n) is 5.71. The second kappa shape index (κ2) is 8.14. The van der Waals surface area contributed by atoms with Gasteiger partial charge in [-0.25, -0.2) is 4.98 Å². The first kappa shape index (κ1) is 18.1. The summed E-state index contributed by atoms with van der Waals surface area (Å²) in [4.78, 5) is 20.0. The number of amides is 1. The van der Waals surface area contributed by atoms with Gasteiger partial charge in [0, 0.05) is 18.8 Å². The molecule has 2 aromatic rings.